The molecular weight excluding hydrogens is 369 g/mol. The molecule has 0 spiro atoms. The summed E-state index contributed by atoms with van der Waals surface area (Å²) < 4.78 is 14.3. The van der Waals surface area contributed by atoms with Crippen molar-refractivity contribution in [1.29, 1.82) is 0 Å². The summed E-state index contributed by atoms with van der Waals surface area (Å²) >= 11 is 2.65. The summed E-state index contributed by atoms with van der Waals surface area (Å²) in [6.45, 7) is 2.01. The number of benzene rings is 2. The minimum atomic E-state index is -0.271. The Morgan fingerprint density at radius 3 is 2.73 bits per heavy atom. The number of carbonyl (C=O) groups excluding carboxylic acids is 1. The van der Waals surface area contributed by atoms with Gasteiger partial charge in [0.1, 0.15) is 5.82 Å². The van der Waals surface area contributed by atoms with Crippen molar-refractivity contribution in [2.24, 2.45) is 0 Å². The monoisotopic (exact) mass is 385 g/mol. The second-order valence-corrected chi connectivity index (χ2v) is 7.69. The van der Waals surface area contributed by atoms with E-state index >= 15 is 0 Å². The van der Waals surface area contributed by atoms with E-state index in [2.05, 4.69) is 15.5 Å². The van der Waals surface area contributed by atoms with Crippen LogP contribution in [0.5, 0.6) is 0 Å². The molecule has 0 atom stereocenters. The van der Waals surface area contributed by atoms with Crippen LogP contribution in [0.25, 0.3) is 6.08 Å². The van der Waals surface area contributed by atoms with E-state index in [9.17, 15) is 9.18 Å². The van der Waals surface area contributed by atoms with E-state index in [1.165, 1.54) is 40.8 Å². The molecule has 2 aromatic carbocycles. The third-order valence-corrected chi connectivity index (χ3v) is 5.47. The van der Waals surface area contributed by atoms with Crippen LogP contribution in [-0.2, 0) is 10.5 Å². The molecule has 26 heavy (non-hydrogen) atoms. The van der Waals surface area contributed by atoms with Gasteiger partial charge in [0.25, 0.3) is 0 Å². The van der Waals surface area contributed by atoms with E-state index in [-0.39, 0.29) is 11.7 Å². The molecule has 0 radical (unpaired) electrons. The van der Waals surface area contributed by atoms with Gasteiger partial charge < -0.3 is 0 Å². The summed E-state index contributed by atoms with van der Waals surface area (Å²) in [5, 5.41) is 11.1. The molecule has 4 nitrogen and oxygen atoms in total. The topological polar surface area (TPSA) is 54.9 Å². The Kier molecular flexibility index (Phi) is 6.14. The average Bonchev–Trinajstić information content (AvgIpc) is 3.08. The van der Waals surface area contributed by atoms with Crippen molar-refractivity contribution in [3.8, 4) is 0 Å². The van der Waals surface area contributed by atoms with Gasteiger partial charge in [0.2, 0.25) is 11.0 Å². The Morgan fingerprint density at radius 2 is 1.96 bits per heavy atom. The molecule has 0 fully saturated rings. The first-order valence-corrected chi connectivity index (χ1v) is 9.66. The van der Waals surface area contributed by atoms with Gasteiger partial charge in [-0.15, -0.1) is 10.2 Å². The second kappa shape index (κ2) is 8.73. The van der Waals surface area contributed by atoms with Gasteiger partial charge in [-0.05, 0) is 30.2 Å². The van der Waals surface area contributed by atoms with Crippen LogP contribution in [0.2, 0.25) is 0 Å². The molecule has 7 heteroatoms. The minimum Gasteiger partial charge on any atom is -0.297 e. The second-order valence-electron chi connectivity index (χ2n) is 5.49. The number of thioether (sulfide) groups is 1. The number of aryl methyl sites for hydroxylation is 1. The third-order valence-electron chi connectivity index (χ3n) is 3.45. The van der Waals surface area contributed by atoms with Crippen molar-refractivity contribution in [1.82, 2.24) is 10.2 Å². The molecule has 132 valence electrons. The van der Waals surface area contributed by atoms with Crippen LogP contribution in [0, 0.1) is 12.7 Å². The molecule has 3 aromatic rings. The quantitative estimate of drug-likeness (QED) is 0.371. The van der Waals surface area contributed by atoms with Crippen LogP contribution >= 0.6 is 23.1 Å². The Labute approximate surface area is 159 Å². The van der Waals surface area contributed by atoms with Crippen LogP contribution in [0.4, 0.5) is 9.52 Å². The Morgan fingerprint density at radius 1 is 1.19 bits per heavy atom. The molecule has 0 aliphatic carbocycles. The van der Waals surface area contributed by atoms with E-state index in [0.717, 1.165) is 5.56 Å². The largest absolute Gasteiger partial charge is 0.297 e. The number of amides is 1. The first-order chi connectivity index (χ1) is 12.6. The van der Waals surface area contributed by atoms with Crippen molar-refractivity contribution in [2.45, 2.75) is 17.0 Å². The average molecular weight is 385 g/mol. The van der Waals surface area contributed by atoms with Crippen molar-refractivity contribution in [3.63, 3.8) is 0 Å². The van der Waals surface area contributed by atoms with E-state index in [1.807, 2.05) is 31.2 Å². The molecule has 0 saturated heterocycles. The maximum absolute atomic E-state index is 13.6. The number of halogens is 1. The highest BCUT2D eigenvalue weighted by Gasteiger charge is 2.08. The highest BCUT2D eigenvalue weighted by atomic mass is 32.2. The number of aromatic nitrogens is 2. The number of anilines is 1. The molecular formula is C19H16FN3OS2. The SMILES string of the molecule is Cc1ccc(C=CC(=O)Nc2nnc(SCc3ccccc3F)s2)cc1. The first-order valence-electron chi connectivity index (χ1n) is 7.85. The number of carbonyl (C=O) groups is 1. The Bertz CT molecular complexity index is 923. The molecule has 0 saturated carbocycles. The van der Waals surface area contributed by atoms with E-state index < -0.39 is 0 Å². The molecule has 0 aliphatic rings. The minimum absolute atomic E-state index is 0.237. The van der Waals surface area contributed by atoms with Crippen molar-refractivity contribution in [3.05, 3.63) is 77.1 Å². The fourth-order valence-electron chi connectivity index (χ4n) is 2.07. The number of hydrogen-bond donors (Lipinski definition) is 1. The van der Waals surface area contributed by atoms with Gasteiger partial charge in [0.05, 0.1) is 0 Å². The molecule has 0 bridgehead atoms. The molecule has 3 rings (SSSR count). The van der Waals surface area contributed by atoms with Crippen LogP contribution in [0.15, 0.2) is 58.9 Å². The van der Waals surface area contributed by atoms with Gasteiger partial charge in [-0.25, -0.2) is 4.39 Å². The smallest absolute Gasteiger partial charge is 0.250 e. The Hall–Kier alpha value is -2.51. The summed E-state index contributed by atoms with van der Waals surface area (Å²) in [6, 6.07) is 14.5. The van der Waals surface area contributed by atoms with E-state index in [1.54, 1.807) is 24.3 Å². The molecule has 1 N–H and O–H groups in total. The van der Waals surface area contributed by atoms with Crippen LogP contribution in [-0.4, -0.2) is 16.1 Å². The van der Waals surface area contributed by atoms with Crippen LogP contribution in [0.3, 0.4) is 0 Å². The lowest BCUT2D eigenvalue weighted by Crippen LogP contribution is -2.07. The first kappa shape index (κ1) is 18.3. The van der Waals surface area contributed by atoms with E-state index in [0.29, 0.717) is 20.8 Å². The highest BCUT2D eigenvalue weighted by molar-refractivity contribution is 8.00. The lowest BCUT2D eigenvalue weighted by atomic mass is 10.1. The zero-order chi connectivity index (χ0) is 18.4. The summed E-state index contributed by atoms with van der Waals surface area (Å²) in [7, 11) is 0. The molecule has 1 aromatic heterocycles. The van der Waals surface area contributed by atoms with Crippen LogP contribution < -0.4 is 5.32 Å². The van der Waals surface area contributed by atoms with Gasteiger partial charge >= 0.3 is 0 Å². The van der Waals surface area contributed by atoms with E-state index in [4.69, 9.17) is 0 Å². The summed E-state index contributed by atoms with van der Waals surface area (Å²) in [5.41, 5.74) is 2.73. The Balaban J connectivity index is 1.53. The van der Waals surface area contributed by atoms with Gasteiger partial charge in [0.15, 0.2) is 4.34 Å². The molecule has 0 unspecified atom stereocenters. The number of rotatable bonds is 6. The van der Waals surface area contributed by atoms with Gasteiger partial charge in [-0.1, -0.05) is 71.1 Å². The van der Waals surface area contributed by atoms with Gasteiger partial charge in [-0.2, -0.15) is 0 Å². The maximum Gasteiger partial charge on any atom is 0.250 e. The highest BCUT2D eigenvalue weighted by Crippen LogP contribution is 2.28. The zero-order valence-corrected chi connectivity index (χ0v) is 15.6. The molecule has 1 amide bonds. The summed E-state index contributed by atoms with van der Waals surface area (Å²) in [4.78, 5) is 12.0. The standard InChI is InChI=1S/C19H16FN3OS2/c1-13-6-8-14(9-7-13)10-11-17(24)21-18-22-23-19(26-18)25-12-15-4-2-3-5-16(15)20/h2-11H,12H2,1H3,(H,21,22,24). The summed E-state index contributed by atoms with van der Waals surface area (Å²) in [5.74, 6) is -0.0468. The third kappa shape index (κ3) is 5.24. The van der Waals surface area contributed by atoms with Gasteiger partial charge in [-0.3, -0.25) is 10.1 Å². The zero-order valence-electron chi connectivity index (χ0n) is 14.0. The number of hydrogen-bond acceptors (Lipinski definition) is 5. The number of nitrogens with zero attached hydrogens (tertiary/aromatic N) is 2. The molecule has 0 aliphatic heterocycles. The predicted octanol–water partition coefficient (Wildman–Crippen LogP) is 4.93. The van der Waals surface area contributed by atoms with Crippen molar-refractivity contribution in [2.75, 3.05) is 5.32 Å². The summed E-state index contributed by atoms with van der Waals surface area (Å²) in [6.07, 6.45) is 3.20. The van der Waals surface area contributed by atoms with Crippen molar-refractivity contribution >= 4 is 40.2 Å². The molecule has 1 heterocycles. The van der Waals surface area contributed by atoms with Crippen molar-refractivity contribution < 1.29 is 9.18 Å². The predicted molar refractivity (Wildman–Crippen MR) is 105 cm³/mol. The lowest BCUT2D eigenvalue weighted by Gasteiger charge is -1.99. The maximum atomic E-state index is 13.6. The number of nitrogens with one attached hydrogen (secondary N) is 1. The fourth-order valence-corrected chi connectivity index (χ4v) is 3.81. The fraction of sp³-hybridized carbons (Fsp3) is 0.105. The lowest BCUT2D eigenvalue weighted by molar-refractivity contribution is -0.111. The van der Waals surface area contributed by atoms with Crippen LogP contribution in [0.1, 0.15) is 16.7 Å². The normalized spacial score (nSPS) is 11.0. The van der Waals surface area contributed by atoms with Gasteiger partial charge in [0, 0.05) is 11.8 Å².